The number of methoxy groups -OCH3 is 1. The van der Waals surface area contributed by atoms with Crippen LogP contribution in [0.15, 0.2) is 42.5 Å². The zero-order valence-electron chi connectivity index (χ0n) is 15.2. The van der Waals surface area contributed by atoms with Crippen LogP contribution in [0.4, 0.5) is 17.1 Å². The summed E-state index contributed by atoms with van der Waals surface area (Å²) in [6.45, 7) is 1.39. The van der Waals surface area contributed by atoms with Gasteiger partial charge in [0.15, 0.2) is 0 Å². The van der Waals surface area contributed by atoms with Crippen LogP contribution in [0.2, 0.25) is 5.02 Å². The topological polar surface area (TPSA) is 119 Å². The van der Waals surface area contributed by atoms with E-state index in [4.69, 9.17) is 16.3 Å². The molecule has 28 heavy (non-hydrogen) atoms. The molecule has 0 saturated heterocycles. The molecule has 150 valence electrons. The van der Waals surface area contributed by atoms with Crippen molar-refractivity contribution in [2.75, 3.05) is 23.0 Å². The van der Waals surface area contributed by atoms with E-state index in [-0.39, 0.29) is 22.8 Å². The van der Waals surface area contributed by atoms with Crippen LogP contribution in [0.5, 0.6) is 5.75 Å². The molecule has 0 unspecified atom stereocenters. The SMILES string of the molecule is COc1ccc([N+](=O)[O-])cc1NC(=O)[C@H](C)N(c1cccc(Cl)c1)S(C)(=O)=O. The van der Waals surface area contributed by atoms with Crippen LogP contribution in [0.1, 0.15) is 6.92 Å². The Balaban J connectivity index is 2.39. The van der Waals surface area contributed by atoms with Crippen LogP contribution in [-0.2, 0) is 14.8 Å². The van der Waals surface area contributed by atoms with E-state index in [1.165, 1.54) is 38.3 Å². The van der Waals surface area contributed by atoms with Crippen molar-refractivity contribution in [3.8, 4) is 5.75 Å². The molecule has 11 heteroatoms. The molecule has 0 aromatic heterocycles. The molecule has 0 aliphatic carbocycles. The maximum atomic E-state index is 12.7. The molecular formula is C17H18ClN3O6S. The first-order valence-electron chi connectivity index (χ1n) is 7.93. The molecular weight excluding hydrogens is 410 g/mol. The summed E-state index contributed by atoms with van der Waals surface area (Å²) in [5.74, 6) is -0.510. The minimum atomic E-state index is -3.83. The van der Waals surface area contributed by atoms with E-state index in [1.54, 1.807) is 12.1 Å². The lowest BCUT2D eigenvalue weighted by Crippen LogP contribution is -2.45. The highest BCUT2D eigenvalue weighted by molar-refractivity contribution is 7.92. The van der Waals surface area contributed by atoms with Gasteiger partial charge in [0, 0.05) is 17.2 Å². The molecule has 0 bridgehead atoms. The van der Waals surface area contributed by atoms with Gasteiger partial charge in [-0.15, -0.1) is 0 Å². The summed E-state index contributed by atoms with van der Waals surface area (Å²) < 4.78 is 30.6. The van der Waals surface area contributed by atoms with E-state index >= 15 is 0 Å². The number of benzene rings is 2. The van der Waals surface area contributed by atoms with Crippen LogP contribution in [0.3, 0.4) is 0 Å². The molecule has 0 saturated carbocycles. The Morgan fingerprint density at radius 1 is 1.29 bits per heavy atom. The van der Waals surface area contributed by atoms with Crippen molar-refractivity contribution in [3.63, 3.8) is 0 Å². The van der Waals surface area contributed by atoms with Crippen molar-refractivity contribution < 1.29 is 22.9 Å². The highest BCUT2D eigenvalue weighted by Crippen LogP contribution is 2.30. The highest BCUT2D eigenvalue weighted by Gasteiger charge is 2.30. The molecule has 1 amide bonds. The van der Waals surface area contributed by atoms with Crippen LogP contribution >= 0.6 is 11.6 Å². The third kappa shape index (κ3) is 4.90. The minimum Gasteiger partial charge on any atom is -0.495 e. The Morgan fingerprint density at radius 2 is 1.96 bits per heavy atom. The maximum absolute atomic E-state index is 12.7. The zero-order valence-corrected chi connectivity index (χ0v) is 16.8. The van der Waals surface area contributed by atoms with Crippen molar-refractivity contribution >= 4 is 44.6 Å². The van der Waals surface area contributed by atoms with Gasteiger partial charge < -0.3 is 10.1 Å². The number of nitrogens with zero attached hydrogens (tertiary/aromatic N) is 2. The number of nitro benzene ring substituents is 1. The van der Waals surface area contributed by atoms with Crippen molar-refractivity contribution in [2.45, 2.75) is 13.0 Å². The first kappa shape index (κ1) is 21.5. The molecule has 2 aromatic carbocycles. The molecule has 0 fully saturated rings. The number of nitrogens with one attached hydrogen (secondary N) is 1. The fourth-order valence-electron chi connectivity index (χ4n) is 2.57. The summed E-state index contributed by atoms with van der Waals surface area (Å²) >= 11 is 5.94. The van der Waals surface area contributed by atoms with Gasteiger partial charge in [-0.05, 0) is 31.2 Å². The van der Waals surface area contributed by atoms with Gasteiger partial charge in [-0.25, -0.2) is 8.42 Å². The van der Waals surface area contributed by atoms with Gasteiger partial charge in [0.05, 0.1) is 29.7 Å². The first-order valence-corrected chi connectivity index (χ1v) is 10.2. The number of rotatable bonds is 7. The van der Waals surface area contributed by atoms with Gasteiger partial charge in [-0.1, -0.05) is 17.7 Å². The number of hydrogen-bond acceptors (Lipinski definition) is 6. The average Bonchev–Trinajstić information content (AvgIpc) is 2.60. The van der Waals surface area contributed by atoms with Crippen molar-refractivity contribution in [2.24, 2.45) is 0 Å². The number of anilines is 2. The van der Waals surface area contributed by atoms with Gasteiger partial charge in [-0.3, -0.25) is 19.2 Å². The number of carbonyl (C=O) groups excluding carboxylic acids is 1. The Morgan fingerprint density at radius 3 is 2.50 bits per heavy atom. The van der Waals surface area contributed by atoms with E-state index in [0.717, 1.165) is 16.6 Å². The van der Waals surface area contributed by atoms with E-state index in [9.17, 15) is 23.3 Å². The molecule has 0 spiro atoms. The van der Waals surface area contributed by atoms with Gasteiger partial charge in [0.25, 0.3) is 5.69 Å². The third-order valence-electron chi connectivity index (χ3n) is 3.80. The molecule has 2 aromatic rings. The number of halogens is 1. The smallest absolute Gasteiger partial charge is 0.271 e. The zero-order chi connectivity index (χ0) is 21.1. The van der Waals surface area contributed by atoms with E-state index in [1.807, 2.05) is 0 Å². The predicted octanol–water partition coefficient (Wildman–Crippen LogP) is 3.05. The molecule has 2 rings (SSSR count). The van der Waals surface area contributed by atoms with Crippen molar-refractivity contribution in [3.05, 3.63) is 57.6 Å². The lowest BCUT2D eigenvalue weighted by atomic mass is 10.2. The van der Waals surface area contributed by atoms with Gasteiger partial charge in [0.1, 0.15) is 11.8 Å². The number of ether oxygens (including phenoxy) is 1. The van der Waals surface area contributed by atoms with Crippen LogP contribution in [0.25, 0.3) is 0 Å². The summed E-state index contributed by atoms with van der Waals surface area (Å²) in [4.78, 5) is 23.1. The van der Waals surface area contributed by atoms with Crippen LogP contribution in [-0.4, -0.2) is 38.7 Å². The summed E-state index contributed by atoms with van der Waals surface area (Å²) in [7, 11) is -2.49. The van der Waals surface area contributed by atoms with E-state index in [2.05, 4.69) is 5.32 Å². The van der Waals surface area contributed by atoms with Crippen LogP contribution < -0.4 is 14.4 Å². The fraction of sp³-hybridized carbons (Fsp3) is 0.235. The lowest BCUT2D eigenvalue weighted by Gasteiger charge is -2.28. The summed E-state index contributed by atoms with van der Waals surface area (Å²) in [6, 6.07) is 8.58. The van der Waals surface area contributed by atoms with Crippen LogP contribution in [0, 0.1) is 10.1 Å². The van der Waals surface area contributed by atoms with Gasteiger partial charge >= 0.3 is 0 Å². The normalized spacial score (nSPS) is 12.1. The minimum absolute atomic E-state index is 0.0492. The molecule has 0 aliphatic heterocycles. The molecule has 0 aliphatic rings. The maximum Gasteiger partial charge on any atom is 0.271 e. The second-order valence-corrected chi connectivity index (χ2v) is 8.14. The van der Waals surface area contributed by atoms with E-state index in [0.29, 0.717) is 5.02 Å². The Labute approximate surface area is 167 Å². The van der Waals surface area contributed by atoms with Gasteiger partial charge in [-0.2, -0.15) is 0 Å². The molecule has 9 nitrogen and oxygen atoms in total. The summed E-state index contributed by atoms with van der Waals surface area (Å²) in [6.07, 6.45) is 0.964. The Hall–Kier alpha value is -2.85. The number of hydrogen-bond donors (Lipinski definition) is 1. The monoisotopic (exact) mass is 427 g/mol. The molecule has 0 radical (unpaired) electrons. The largest absolute Gasteiger partial charge is 0.495 e. The van der Waals surface area contributed by atoms with Gasteiger partial charge in [0.2, 0.25) is 15.9 Å². The number of non-ortho nitro benzene ring substituents is 1. The second kappa shape index (κ2) is 8.44. The number of carbonyl (C=O) groups is 1. The quantitative estimate of drug-likeness (QED) is 0.535. The highest BCUT2D eigenvalue weighted by atomic mass is 35.5. The fourth-order valence-corrected chi connectivity index (χ4v) is 3.92. The first-order chi connectivity index (χ1) is 13.0. The molecule has 0 heterocycles. The average molecular weight is 428 g/mol. The predicted molar refractivity (Wildman–Crippen MR) is 107 cm³/mol. The Kier molecular flexibility index (Phi) is 6.47. The summed E-state index contributed by atoms with van der Waals surface area (Å²) in [5.41, 5.74) is 0.00955. The summed E-state index contributed by atoms with van der Waals surface area (Å²) in [5, 5.41) is 13.8. The lowest BCUT2D eigenvalue weighted by molar-refractivity contribution is -0.384. The Bertz CT molecular complexity index is 1010. The number of sulfonamides is 1. The third-order valence-corrected chi connectivity index (χ3v) is 5.28. The number of amides is 1. The second-order valence-electron chi connectivity index (χ2n) is 5.85. The molecule has 1 N–H and O–H groups in total. The van der Waals surface area contributed by atoms with Crippen molar-refractivity contribution in [1.82, 2.24) is 0 Å². The standard InChI is InChI=1S/C17H18ClN3O6S/c1-11(20(28(3,25)26)13-6-4-5-12(18)9-13)17(22)19-15-10-14(21(23)24)7-8-16(15)27-2/h4-11H,1-3H3,(H,19,22)/t11-/m0/s1. The number of nitro groups is 1. The van der Waals surface area contributed by atoms with Crippen molar-refractivity contribution in [1.29, 1.82) is 0 Å². The van der Waals surface area contributed by atoms with E-state index < -0.39 is 26.9 Å². The molecule has 1 atom stereocenters.